The molecule has 29 heavy (non-hydrogen) atoms. The average Bonchev–Trinajstić information content (AvgIpc) is 3.27. The molecule has 1 aliphatic rings. The number of nitrogens with one attached hydrogen (secondary N) is 1. The number of likely N-dealkylation sites (tertiary alicyclic amines) is 1. The maximum Gasteiger partial charge on any atom is 0.311 e. The van der Waals surface area contributed by atoms with E-state index in [1.54, 1.807) is 29.2 Å². The maximum absolute atomic E-state index is 12.5. The Labute approximate surface area is 166 Å². The molecular weight excluding hydrogens is 374 g/mol. The summed E-state index contributed by atoms with van der Waals surface area (Å²) in [5, 5.41) is 0.499. The number of piperidine rings is 1. The van der Waals surface area contributed by atoms with Crippen LogP contribution in [-0.2, 0) is 16.1 Å². The quantitative estimate of drug-likeness (QED) is 0.680. The highest BCUT2D eigenvalue weighted by molar-refractivity contribution is 5.92. The van der Waals surface area contributed by atoms with Crippen LogP contribution in [0.3, 0.4) is 0 Å². The Morgan fingerprint density at radius 3 is 2.97 bits per heavy atom. The summed E-state index contributed by atoms with van der Waals surface area (Å²) in [5.74, 6) is -0.508. The van der Waals surface area contributed by atoms with Gasteiger partial charge in [0.1, 0.15) is 12.4 Å². The molecule has 0 spiro atoms. The van der Waals surface area contributed by atoms with Gasteiger partial charge in [-0.15, -0.1) is 0 Å². The normalized spacial score (nSPS) is 16.7. The second-order valence-electron chi connectivity index (χ2n) is 7.16. The first-order chi connectivity index (χ1) is 14.0. The molecule has 1 aliphatic heterocycles. The van der Waals surface area contributed by atoms with E-state index in [1.807, 2.05) is 13.0 Å². The fourth-order valence-electron chi connectivity index (χ4n) is 3.59. The standard InChI is InChI=1S/C21H21N3O5/c1-13-5-2-7-15-18(13)22-17(23-19(15)25)12-29-21(27)14-6-3-9-24(11-14)20(26)16-8-4-10-28-16/h2,4-5,7-8,10,14H,3,6,9,11-12H2,1H3,(H,22,23,25)/t14-/m0/s1. The van der Waals surface area contributed by atoms with Crippen LogP contribution in [0, 0.1) is 12.8 Å². The van der Waals surface area contributed by atoms with Crippen molar-refractivity contribution >= 4 is 22.8 Å². The van der Waals surface area contributed by atoms with Crippen LogP contribution < -0.4 is 5.56 Å². The second kappa shape index (κ2) is 7.90. The van der Waals surface area contributed by atoms with Crippen LogP contribution in [-0.4, -0.2) is 39.8 Å². The van der Waals surface area contributed by atoms with Gasteiger partial charge in [0.2, 0.25) is 0 Å². The summed E-state index contributed by atoms with van der Waals surface area (Å²) in [6.07, 6.45) is 2.79. The summed E-state index contributed by atoms with van der Waals surface area (Å²) in [7, 11) is 0. The third-order valence-electron chi connectivity index (χ3n) is 5.11. The number of rotatable bonds is 4. The molecule has 0 radical (unpaired) electrons. The number of ether oxygens (including phenoxy) is 1. The van der Waals surface area contributed by atoms with E-state index in [9.17, 15) is 14.4 Å². The summed E-state index contributed by atoms with van der Waals surface area (Å²) in [4.78, 5) is 45.9. The third kappa shape index (κ3) is 3.91. The van der Waals surface area contributed by atoms with Crippen LogP contribution >= 0.6 is 0 Å². The van der Waals surface area contributed by atoms with Crippen LogP contribution in [0.25, 0.3) is 10.9 Å². The molecule has 0 bridgehead atoms. The number of nitrogens with zero attached hydrogens (tertiary/aromatic N) is 2. The number of aryl methyl sites for hydroxylation is 1. The van der Waals surface area contributed by atoms with E-state index in [4.69, 9.17) is 9.15 Å². The molecule has 3 heterocycles. The molecule has 4 rings (SSSR count). The Balaban J connectivity index is 1.42. The molecule has 2 aromatic heterocycles. The summed E-state index contributed by atoms with van der Waals surface area (Å²) >= 11 is 0. The van der Waals surface area contributed by atoms with Crippen molar-refractivity contribution in [3.8, 4) is 0 Å². The Morgan fingerprint density at radius 1 is 1.31 bits per heavy atom. The minimum absolute atomic E-state index is 0.124. The van der Waals surface area contributed by atoms with Crippen molar-refractivity contribution < 1.29 is 18.7 Å². The zero-order valence-electron chi connectivity index (χ0n) is 16.0. The Hall–Kier alpha value is -3.42. The molecule has 150 valence electrons. The lowest BCUT2D eigenvalue weighted by molar-refractivity contribution is -0.151. The molecule has 1 fully saturated rings. The number of para-hydroxylation sites is 1. The minimum atomic E-state index is -0.420. The number of fused-ring (bicyclic) bond motifs is 1. The predicted molar refractivity (Wildman–Crippen MR) is 104 cm³/mol. The highest BCUT2D eigenvalue weighted by atomic mass is 16.5. The Kier molecular flexibility index (Phi) is 5.16. The molecule has 1 aromatic carbocycles. The van der Waals surface area contributed by atoms with Crippen LogP contribution in [0.5, 0.6) is 0 Å². The number of esters is 1. The van der Waals surface area contributed by atoms with Gasteiger partial charge in [-0.2, -0.15) is 0 Å². The first kappa shape index (κ1) is 18.9. The Morgan fingerprint density at radius 2 is 2.17 bits per heavy atom. The molecule has 3 aromatic rings. The molecule has 1 atom stereocenters. The van der Waals surface area contributed by atoms with Gasteiger partial charge in [-0.25, -0.2) is 4.98 Å². The van der Waals surface area contributed by atoms with Gasteiger partial charge in [-0.3, -0.25) is 14.4 Å². The number of aromatic nitrogens is 2. The Bertz CT molecular complexity index is 1100. The molecule has 1 saturated heterocycles. The number of hydrogen-bond donors (Lipinski definition) is 1. The number of carbonyl (C=O) groups is 2. The summed E-state index contributed by atoms with van der Waals surface area (Å²) in [5.41, 5.74) is 1.20. The molecule has 1 N–H and O–H groups in total. The smallest absolute Gasteiger partial charge is 0.311 e. The van der Waals surface area contributed by atoms with Crippen molar-refractivity contribution in [2.75, 3.05) is 13.1 Å². The molecule has 1 amide bonds. The van der Waals surface area contributed by atoms with E-state index in [0.29, 0.717) is 36.1 Å². The van der Waals surface area contributed by atoms with Crippen molar-refractivity contribution in [2.24, 2.45) is 5.92 Å². The molecule has 8 nitrogen and oxygen atoms in total. The highest BCUT2D eigenvalue weighted by Crippen LogP contribution is 2.20. The minimum Gasteiger partial charge on any atom is -0.459 e. The van der Waals surface area contributed by atoms with Crippen molar-refractivity contribution in [2.45, 2.75) is 26.4 Å². The van der Waals surface area contributed by atoms with Gasteiger partial charge in [0.05, 0.1) is 23.1 Å². The van der Waals surface area contributed by atoms with Gasteiger partial charge in [-0.1, -0.05) is 12.1 Å². The number of furan rings is 1. The summed E-state index contributed by atoms with van der Waals surface area (Å²) < 4.78 is 10.6. The van der Waals surface area contributed by atoms with E-state index < -0.39 is 11.9 Å². The van der Waals surface area contributed by atoms with Crippen molar-refractivity contribution in [1.82, 2.24) is 14.9 Å². The first-order valence-electron chi connectivity index (χ1n) is 9.51. The number of benzene rings is 1. The second-order valence-corrected chi connectivity index (χ2v) is 7.16. The van der Waals surface area contributed by atoms with E-state index in [2.05, 4.69) is 9.97 Å². The van der Waals surface area contributed by atoms with Gasteiger partial charge >= 0.3 is 5.97 Å². The number of carbonyl (C=O) groups excluding carboxylic acids is 2. The average molecular weight is 395 g/mol. The predicted octanol–water partition coefficient (Wildman–Crippen LogP) is 2.42. The zero-order chi connectivity index (χ0) is 20.4. The number of H-pyrrole nitrogens is 1. The van der Waals surface area contributed by atoms with Crippen LogP contribution in [0.4, 0.5) is 0 Å². The van der Waals surface area contributed by atoms with Crippen molar-refractivity contribution in [3.63, 3.8) is 0 Å². The number of aromatic amines is 1. The van der Waals surface area contributed by atoms with E-state index >= 15 is 0 Å². The van der Waals surface area contributed by atoms with E-state index in [1.165, 1.54) is 6.26 Å². The fraction of sp³-hybridized carbons (Fsp3) is 0.333. The third-order valence-corrected chi connectivity index (χ3v) is 5.11. The van der Waals surface area contributed by atoms with Gasteiger partial charge in [0.15, 0.2) is 5.76 Å². The fourth-order valence-corrected chi connectivity index (χ4v) is 3.59. The molecule has 0 aliphatic carbocycles. The van der Waals surface area contributed by atoms with Gasteiger partial charge in [-0.05, 0) is 43.5 Å². The van der Waals surface area contributed by atoms with Crippen molar-refractivity contribution in [3.05, 3.63) is 64.1 Å². The summed E-state index contributed by atoms with van der Waals surface area (Å²) in [6, 6.07) is 8.64. The molecular formula is C21H21N3O5. The lowest BCUT2D eigenvalue weighted by Gasteiger charge is -2.30. The zero-order valence-corrected chi connectivity index (χ0v) is 16.0. The lowest BCUT2D eigenvalue weighted by atomic mass is 9.98. The number of amides is 1. The maximum atomic E-state index is 12.5. The van der Waals surface area contributed by atoms with E-state index in [0.717, 1.165) is 5.56 Å². The van der Waals surface area contributed by atoms with Gasteiger partial charge < -0.3 is 19.0 Å². The molecule has 0 unspecified atom stereocenters. The van der Waals surface area contributed by atoms with Crippen LogP contribution in [0.15, 0.2) is 45.8 Å². The van der Waals surface area contributed by atoms with Gasteiger partial charge in [0.25, 0.3) is 11.5 Å². The monoisotopic (exact) mass is 395 g/mol. The van der Waals surface area contributed by atoms with Gasteiger partial charge in [0, 0.05) is 13.1 Å². The summed E-state index contributed by atoms with van der Waals surface area (Å²) in [6.45, 7) is 2.60. The largest absolute Gasteiger partial charge is 0.459 e. The van der Waals surface area contributed by atoms with E-state index in [-0.39, 0.29) is 30.4 Å². The van der Waals surface area contributed by atoms with Crippen molar-refractivity contribution in [1.29, 1.82) is 0 Å². The number of hydrogen-bond acceptors (Lipinski definition) is 6. The first-order valence-corrected chi connectivity index (χ1v) is 9.51. The topological polar surface area (TPSA) is 106 Å². The van der Waals surface area contributed by atoms with Crippen LogP contribution in [0.1, 0.15) is 34.8 Å². The lowest BCUT2D eigenvalue weighted by Crippen LogP contribution is -2.42. The molecule has 0 saturated carbocycles. The SMILES string of the molecule is Cc1cccc2c(=O)[nH]c(COC(=O)[C@H]3CCCN(C(=O)c4ccco4)C3)nc12. The highest BCUT2D eigenvalue weighted by Gasteiger charge is 2.31. The molecule has 8 heteroatoms. The van der Waals surface area contributed by atoms with Crippen LogP contribution in [0.2, 0.25) is 0 Å².